The van der Waals surface area contributed by atoms with Gasteiger partial charge in [0.05, 0.1) is 7.11 Å². The van der Waals surface area contributed by atoms with Crippen molar-refractivity contribution in [1.82, 2.24) is 15.3 Å². The molecule has 1 aliphatic rings. The van der Waals surface area contributed by atoms with E-state index in [9.17, 15) is 22.4 Å². The molecule has 0 aliphatic carbocycles. The predicted octanol–water partition coefficient (Wildman–Crippen LogP) is 5.09. The zero-order chi connectivity index (χ0) is 27.9. The number of nitrogens with two attached hydrogens (primary N) is 1. The fraction of sp³-hybridized carbons (Fsp3) is 0.250. The molecule has 1 aliphatic heterocycles. The zero-order valence-corrected chi connectivity index (χ0v) is 21.0. The van der Waals surface area contributed by atoms with Gasteiger partial charge in [0.25, 0.3) is 5.91 Å². The van der Waals surface area contributed by atoms with Crippen LogP contribution in [0.5, 0.6) is 11.5 Å². The van der Waals surface area contributed by atoms with Crippen LogP contribution in [0.3, 0.4) is 0 Å². The summed E-state index contributed by atoms with van der Waals surface area (Å²) in [5, 5.41) is 3.52. The number of aromatic nitrogens is 2. The number of alkyl halides is 3. The van der Waals surface area contributed by atoms with Crippen molar-refractivity contribution in [1.29, 1.82) is 0 Å². The van der Waals surface area contributed by atoms with Crippen LogP contribution in [-0.4, -0.2) is 42.3 Å². The number of hydrogen-bond acceptors (Lipinski definition) is 6. The van der Waals surface area contributed by atoms with E-state index in [1.54, 1.807) is 37.4 Å². The number of rotatable bonds is 6. The normalized spacial score (nSPS) is 17.4. The van der Waals surface area contributed by atoms with Crippen LogP contribution in [0.15, 0.2) is 60.8 Å². The summed E-state index contributed by atoms with van der Waals surface area (Å²) in [6.07, 6.45) is -3.17. The van der Waals surface area contributed by atoms with Gasteiger partial charge < -0.3 is 20.5 Å². The Morgan fingerprint density at radius 3 is 2.64 bits per heavy atom. The highest BCUT2D eigenvalue weighted by Gasteiger charge is 2.59. The number of fused-ring (bicyclic) bond motifs is 2. The van der Waals surface area contributed by atoms with Crippen molar-refractivity contribution in [3.8, 4) is 22.8 Å². The first kappa shape index (κ1) is 26.4. The summed E-state index contributed by atoms with van der Waals surface area (Å²) >= 11 is 0. The highest BCUT2D eigenvalue weighted by molar-refractivity contribution is 5.99. The van der Waals surface area contributed by atoms with E-state index < -0.39 is 36.0 Å². The van der Waals surface area contributed by atoms with Crippen LogP contribution >= 0.6 is 0 Å². The number of carbonyl (C=O) groups excluding carboxylic acids is 1. The van der Waals surface area contributed by atoms with Gasteiger partial charge in [0.2, 0.25) is 0 Å². The summed E-state index contributed by atoms with van der Waals surface area (Å²) in [7, 11) is 1.48. The molecule has 2 atom stereocenters. The Kier molecular flexibility index (Phi) is 6.63. The maximum Gasteiger partial charge on any atom is 0.414 e. The molecular weight excluding hydrogens is 516 g/mol. The lowest BCUT2D eigenvalue weighted by Crippen LogP contribution is -2.51. The second kappa shape index (κ2) is 9.81. The smallest absolute Gasteiger partial charge is 0.414 e. The van der Waals surface area contributed by atoms with E-state index in [2.05, 4.69) is 15.3 Å². The Labute approximate surface area is 221 Å². The number of benzene rings is 2. The monoisotopic (exact) mass is 540 g/mol. The molecule has 202 valence electrons. The number of hydrogen-bond donors (Lipinski definition) is 2. The summed E-state index contributed by atoms with van der Waals surface area (Å²) in [5.41, 5.74) is 4.52. The molecule has 0 radical (unpaired) electrons. The third-order valence-electron chi connectivity index (χ3n) is 6.77. The molecule has 3 N–H and O–H groups in total. The molecule has 5 rings (SSSR count). The molecule has 39 heavy (non-hydrogen) atoms. The van der Waals surface area contributed by atoms with E-state index in [4.69, 9.17) is 15.2 Å². The highest BCUT2D eigenvalue weighted by Crippen LogP contribution is 2.49. The van der Waals surface area contributed by atoms with Crippen molar-refractivity contribution in [2.24, 2.45) is 5.73 Å². The van der Waals surface area contributed by atoms with E-state index in [-0.39, 0.29) is 29.2 Å². The van der Waals surface area contributed by atoms with Crippen LogP contribution in [0.1, 0.15) is 34.5 Å². The molecule has 3 heterocycles. The van der Waals surface area contributed by atoms with Gasteiger partial charge in [0.1, 0.15) is 29.4 Å². The maximum absolute atomic E-state index is 14.0. The number of amides is 1. The molecule has 0 spiro atoms. The maximum atomic E-state index is 14.0. The van der Waals surface area contributed by atoms with Crippen LogP contribution < -0.4 is 20.5 Å². The molecule has 0 saturated heterocycles. The first-order valence-electron chi connectivity index (χ1n) is 12.0. The van der Waals surface area contributed by atoms with Crippen LogP contribution in [0, 0.1) is 5.82 Å². The number of halogens is 4. The average molecular weight is 541 g/mol. The van der Waals surface area contributed by atoms with Gasteiger partial charge in [-0.15, -0.1) is 0 Å². The molecule has 7 nitrogen and oxygen atoms in total. The lowest BCUT2D eigenvalue weighted by Gasteiger charge is -2.26. The number of methoxy groups -OCH3 is 1. The molecule has 1 amide bonds. The minimum absolute atomic E-state index is 0.0608. The number of pyridine rings is 2. The van der Waals surface area contributed by atoms with Crippen molar-refractivity contribution in [3.63, 3.8) is 0 Å². The van der Waals surface area contributed by atoms with E-state index in [1.165, 1.54) is 37.4 Å². The van der Waals surface area contributed by atoms with Crippen molar-refractivity contribution < 1.29 is 31.8 Å². The molecule has 4 aromatic rings. The third-order valence-corrected chi connectivity index (χ3v) is 6.77. The molecule has 2 aromatic carbocycles. The van der Waals surface area contributed by atoms with Crippen molar-refractivity contribution in [2.45, 2.75) is 24.6 Å². The summed E-state index contributed by atoms with van der Waals surface area (Å²) in [4.78, 5) is 21.8. The highest BCUT2D eigenvalue weighted by atomic mass is 19.4. The van der Waals surface area contributed by atoms with Gasteiger partial charge in [-0.3, -0.25) is 9.78 Å². The molecule has 0 saturated carbocycles. The lowest BCUT2D eigenvalue weighted by molar-refractivity contribution is -0.191. The van der Waals surface area contributed by atoms with E-state index in [1.807, 2.05) is 0 Å². The fourth-order valence-electron chi connectivity index (χ4n) is 4.48. The minimum atomic E-state index is -4.79. The van der Waals surface area contributed by atoms with Crippen molar-refractivity contribution >= 4 is 16.8 Å². The third kappa shape index (κ3) is 4.74. The van der Waals surface area contributed by atoms with Crippen LogP contribution in [0.4, 0.5) is 17.6 Å². The van der Waals surface area contributed by atoms with Crippen LogP contribution in [-0.2, 0) is 5.54 Å². The number of ether oxygens (including phenoxy) is 2. The van der Waals surface area contributed by atoms with Crippen molar-refractivity contribution in [3.05, 3.63) is 83.4 Å². The summed E-state index contributed by atoms with van der Waals surface area (Å²) in [6.45, 7) is 0.968. The summed E-state index contributed by atoms with van der Waals surface area (Å²) < 4.78 is 66.4. The number of nitrogens with zero attached hydrogens (tertiary/aromatic N) is 2. The van der Waals surface area contributed by atoms with Crippen LogP contribution in [0.2, 0.25) is 0 Å². The van der Waals surface area contributed by atoms with Gasteiger partial charge in [-0.25, -0.2) is 9.37 Å². The largest absolute Gasteiger partial charge is 0.494 e. The topological polar surface area (TPSA) is 99.4 Å². The first-order valence-corrected chi connectivity index (χ1v) is 12.0. The van der Waals surface area contributed by atoms with Crippen molar-refractivity contribution in [2.75, 3.05) is 20.3 Å². The number of carbonyl (C=O) groups is 1. The van der Waals surface area contributed by atoms with Crippen LogP contribution in [0.25, 0.3) is 22.2 Å². The van der Waals surface area contributed by atoms with Gasteiger partial charge in [-0.1, -0.05) is 13.0 Å². The Morgan fingerprint density at radius 1 is 1.21 bits per heavy atom. The lowest BCUT2D eigenvalue weighted by atomic mass is 9.89. The standard InChI is InChI=1S/C28H24F4N4O3/c1-15(13-35-26(37)18-10-17-4-3-9-34-23(17)22(11-18)38-2)21-12-20-25(39-14-27(20,33)28(30,31)32)24(36-21)16-5-7-19(29)8-6-16/h3-12,15H,13-14,33H2,1-2H3,(H,35,37)/t15-,27+/m1/s1. The van der Waals surface area contributed by atoms with E-state index in [0.29, 0.717) is 27.8 Å². The molecule has 0 unspecified atom stereocenters. The zero-order valence-electron chi connectivity index (χ0n) is 21.0. The quantitative estimate of drug-likeness (QED) is 0.331. The van der Waals surface area contributed by atoms with Gasteiger partial charge >= 0.3 is 6.18 Å². The molecular formula is C28H24F4N4O3. The minimum Gasteiger partial charge on any atom is -0.494 e. The second-order valence-corrected chi connectivity index (χ2v) is 9.40. The predicted molar refractivity (Wildman–Crippen MR) is 136 cm³/mol. The Hall–Kier alpha value is -4.25. The Morgan fingerprint density at radius 2 is 1.95 bits per heavy atom. The number of nitrogens with one attached hydrogen (secondary N) is 1. The Balaban J connectivity index is 1.46. The van der Waals surface area contributed by atoms with Gasteiger partial charge in [0, 0.05) is 46.4 Å². The second-order valence-electron chi connectivity index (χ2n) is 9.40. The molecule has 0 fully saturated rings. The van der Waals surface area contributed by atoms with Gasteiger partial charge in [-0.05, 0) is 48.5 Å². The summed E-state index contributed by atoms with van der Waals surface area (Å²) in [6, 6.07) is 13.2. The Bertz CT molecular complexity index is 1560. The fourth-order valence-corrected chi connectivity index (χ4v) is 4.48. The first-order chi connectivity index (χ1) is 18.5. The summed E-state index contributed by atoms with van der Waals surface area (Å²) in [5.74, 6) is -1.09. The molecule has 2 aromatic heterocycles. The van der Waals surface area contributed by atoms with Gasteiger partial charge in [0.15, 0.2) is 11.3 Å². The van der Waals surface area contributed by atoms with E-state index >= 15 is 0 Å². The molecule has 11 heteroatoms. The SMILES string of the molecule is COc1cc(C(=O)NC[C@@H](C)c2cc3c(c(-c4ccc(F)cc4)n2)OC[C@@]3(N)C(F)(F)F)cc2cccnc12. The van der Waals surface area contributed by atoms with E-state index in [0.717, 1.165) is 0 Å². The molecule has 0 bridgehead atoms. The van der Waals surface area contributed by atoms with Gasteiger partial charge in [-0.2, -0.15) is 13.2 Å². The average Bonchev–Trinajstić information content (AvgIpc) is 3.28.